The lowest BCUT2D eigenvalue weighted by Gasteiger charge is -2.30. The number of carbonyl (C=O) groups excluding carboxylic acids is 2. The largest absolute Gasteiger partial charge is 0.444 e. The Balaban J connectivity index is 1.91. The minimum atomic E-state index is -0.557. The van der Waals surface area contributed by atoms with E-state index in [1.165, 1.54) is 4.90 Å². The standard InChI is InChI=1S/C15H19N3O3S/c1-15(2,3)21-14(20)16-8-9-18-12(19)10-6-4-5-7-11(10)17-13(18)22/h4-7,10H,8-9H2,1-3H3,(H,16,20). The van der Waals surface area contributed by atoms with Crippen LogP contribution in [0.5, 0.6) is 0 Å². The van der Waals surface area contributed by atoms with Gasteiger partial charge in [-0.25, -0.2) is 9.79 Å². The summed E-state index contributed by atoms with van der Waals surface area (Å²) in [5.74, 6) is -0.514. The minimum absolute atomic E-state index is 0.124. The molecule has 1 unspecified atom stereocenters. The average Bonchev–Trinajstić information content (AvgIpc) is 2.40. The van der Waals surface area contributed by atoms with Crippen LogP contribution in [-0.4, -0.2) is 46.4 Å². The maximum Gasteiger partial charge on any atom is 0.407 e. The first-order valence-electron chi connectivity index (χ1n) is 7.03. The third-order valence-electron chi connectivity index (χ3n) is 2.99. The van der Waals surface area contributed by atoms with Crippen LogP contribution in [0.4, 0.5) is 4.79 Å². The van der Waals surface area contributed by atoms with E-state index < -0.39 is 17.6 Å². The molecule has 0 saturated carbocycles. The fourth-order valence-corrected chi connectivity index (χ4v) is 2.36. The van der Waals surface area contributed by atoms with Crippen LogP contribution in [0.3, 0.4) is 0 Å². The van der Waals surface area contributed by atoms with Crippen molar-refractivity contribution in [3.8, 4) is 0 Å². The zero-order valence-electron chi connectivity index (χ0n) is 12.8. The number of alkyl carbamates (subject to hydrolysis) is 1. The second-order valence-corrected chi connectivity index (χ2v) is 6.32. The highest BCUT2D eigenvalue weighted by Crippen LogP contribution is 2.19. The number of allylic oxidation sites excluding steroid dienone is 3. The molecule has 118 valence electrons. The molecule has 0 saturated heterocycles. The normalized spacial score (nSPS) is 20.6. The Kier molecular flexibility index (Phi) is 4.75. The summed E-state index contributed by atoms with van der Waals surface area (Å²) >= 11 is 5.15. The molecule has 1 N–H and O–H groups in total. The van der Waals surface area contributed by atoms with Crippen LogP contribution in [0.15, 0.2) is 29.3 Å². The first kappa shape index (κ1) is 16.4. The number of nitrogens with one attached hydrogen (secondary N) is 1. The second kappa shape index (κ2) is 6.39. The van der Waals surface area contributed by atoms with E-state index in [0.29, 0.717) is 5.71 Å². The summed E-state index contributed by atoms with van der Waals surface area (Å²) in [6, 6.07) is 0. The van der Waals surface area contributed by atoms with Crippen LogP contribution in [0.2, 0.25) is 0 Å². The Morgan fingerprint density at radius 1 is 1.45 bits per heavy atom. The van der Waals surface area contributed by atoms with Crippen LogP contribution in [0, 0.1) is 5.92 Å². The first-order chi connectivity index (χ1) is 10.3. The third-order valence-corrected chi connectivity index (χ3v) is 3.30. The molecule has 2 aliphatic rings. The van der Waals surface area contributed by atoms with Crippen LogP contribution >= 0.6 is 12.2 Å². The molecule has 0 aromatic rings. The van der Waals surface area contributed by atoms with Crippen molar-refractivity contribution in [2.45, 2.75) is 26.4 Å². The predicted molar refractivity (Wildman–Crippen MR) is 87.8 cm³/mol. The average molecular weight is 321 g/mol. The molecular weight excluding hydrogens is 302 g/mol. The number of amides is 2. The van der Waals surface area contributed by atoms with Crippen molar-refractivity contribution >= 4 is 35.0 Å². The van der Waals surface area contributed by atoms with Crippen molar-refractivity contribution in [2.24, 2.45) is 10.9 Å². The van der Waals surface area contributed by atoms with Gasteiger partial charge in [-0.05, 0) is 39.1 Å². The molecule has 0 spiro atoms. The number of thiocarbonyl (C=S) groups is 1. The van der Waals surface area contributed by atoms with Crippen molar-refractivity contribution in [2.75, 3.05) is 13.1 Å². The molecule has 1 aliphatic heterocycles. The third kappa shape index (κ3) is 4.00. The number of fused-ring (bicyclic) bond motifs is 1. The van der Waals surface area contributed by atoms with Gasteiger partial charge in [0.2, 0.25) is 11.0 Å². The van der Waals surface area contributed by atoms with Crippen LogP contribution in [0.25, 0.3) is 0 Å². The van der Waals surface area contributed by atoms with Gasteiger partial charge in [0.25, 0.3) is 0 Å². The molecule has 6 nitrogen and oxygen atoms in total. The highest BCUT2D eigenvalue weighted by molar-refractivity contribution is 7.80. The van der Waals surface area contributed by atoms with E-state index >= 15 is 0 Å². The molecule has 1 aliphatic carbocycles. The number of hydrogen-bond acceptors (Lipinski definition) is 4. The van der Waals surface area contributed by atoms with Gasteiger partial charge in [0.1, 0.15) is 5.60 Å². The van der Waals surface area contributed by atoms with Gasteiger partial charge in [-0.1, -0.05) is 18.2 Å². The molecule has 1 atom stereocenters. The molecular formula is C15H19N3O3S. The van der Waals surface area contributed by atoms with Crippen molar-refractivity contribution < 1.29 is 14.3 Å². The summed E-state index contributed by atoms with van der Waals surface area (Å²) in [5.41, 5.74) is 0.104. The van der Waals surface area contributed by atoms with Crippen molar-refractivity contribution in [3.05, 3.63) is 24.3 Å². The molecule has 2 rings (SSSR count). The van der Waals surface area contributed by atoms with Crippen molar-refractivity contribution in [1.29, 1.82) is 0 Å². The molecule has 2 amide bonds. The molecule has 0 aromatic carbocycles. The Morgan fingerprint density at radius 3 is 2.86 bits per heavy atom. The Labute approximate surface area is 134 Å². The topological polar surface area (TPSA) is 71.0 Å². The van der Waals surface area contributed by atoms with Crippen LogP contribution in [0.1, 0.15) is 20.8 Å². The van der Waals surface area contributed by atoms with Crippen molar-refractivity contribution in [1.82, 2.24) is 10.2 Å². The fraction of sp³-hybridized carbons (Fsp3) is 0.467. The highest BCUT2D eigenvalue weighted by Gasteiger charge is 2.33. The van der Waals surface area contributed by atoms with E-state index in [0.717, 1.165) is 0 Å². The Morgan fingerprint density at radius 2 is 2.18 bits per heavy atom. The molecule has 0 fully saturated rings. The van der Waals surface area contributed by atoms with E-state index in [1.54, 1.807) is 32.9 Å². The Bertz CT molecular complexity index is 587. The second-order valence-electron chi connectivity index (χ2n) is 5.96. The van der Waals surface area contributed by atoms with E-state index in [2.05, 4.69) is 10.3 Å². The van der Waals surface area contributed by atoms with Gasteiger partial charge < -0.3 is 10.1 Å². The van der Waals surface area contributed by atoms with Gasteiger partial charge in [-0.15, -0.1) is 0 Å². The van der Waals surface area contributed by atoms with Crippen molar-refractivity contribution in [3.63, 3.8) is 0 Å². The smallest absolute Gasteiger partial charge is 0.407 e. The van der Waals surface area contributed by atoms with Gasteiger partial charge in [0, 0.05) is 13.1 Å². The molecule has 1 heterocycles. The van der Waals surface area contributed by atoms with Gasteiger partial charge in [-0.3, -0.25) is 9.69 Å². The molecule has 22 heavy (non-hydrogen) atoms. The summed E-state index contributed by atoms with van der Waals surface area (Å²) in [7, 11) is 0. The number of aliphatic imine (C=N–C) groups is 1. The van der Waals surface area contributed by atoms with E-state index in [1.807, 2.05) is 12.2 Å². The molecule has 0 bridgehead atoms. The fourth-order valence-electron chi connectivity index (χ4n) is 2.07. The minimum Gasteiger partial charge on any atom is -0.444 e. The number of nitrogens with zero attached hydrogens (tertiary/aromatic N) is 2. The highest BCUT2D eigenvalue weighted by atomic mass is 32.1. The lowest BCUT2D eigenvalue weighted by Crippen LogP contribution is -2.48. The lowest BCUT2D eigenvalue weighted by atomic mass is 9.95. The van der Waals surface area contributed by atoms with E-state index in [4.69, 9.17) is 17.0 Å². The summed E-state index contributed by atoms with van der Waals surface area (Å²) < 4.78 is 5.13. The summed E-state index contributed by atoms with van der Waals surface area (Å²) in [6.07, 6.45) is 6.69. The van der Waals surface area contributed by atoms with E-state index in [-0.39, 0.29) is 24.1 Å². The van der Waals surface area contributed by atoms with Gasteiger partial charge in [0.05, 0.1) is 11.6 Å². The molecule has 0 radical (unpaired) electrons. The number of ether oxygens (including phenoxy) is 1. The monoisotopic (exact) mass is 321 g/mol. The SMILES string of the molecule is CC(C)(C)OC(=O)NCCN1C(=O)C2C=CC=CC2=NC1=S. The summed E-state index contributed by atoms with van der Waals surface area (Å²) in [5, 5.41) is 2.83. The number of rotatable bonds is 3. The molecule has 7 heteroatoms. The predicted octanol–water partition coefficient (Wildman–Crippen LogP) is 1.82. The summed E-state index contributed by atoms with van der Waals surface area (Å²) in [6.45, 7) is 5.87. The summed E-state index contributed by atoms with van der Waals surface area (Å²) in [4.78, 5) is 29.6. The lowest BCUT2D eigenvalue weighted by molar-refractivity contribution is -0.128. The van der Waals surface area contributed by atoms with E-state index in [9.17, 15) is 9.59 Å². The quantitative estimate of drug-likeness (QED) is 0.805. The molecule has 0 aromatic heterocycles. The Hall–Kier alpha value is -2.02. The maximum absolute atomic E-state index is 12.4. The zero-order valence-corrected chi connectivity index (χ0v) is 13.6. The number of hydrogen-bond donors (Lipinski definition) is 1. The van der Waals surface area contributed by atoms with Gasteiger partial charge in [0.15, 0.2) is 0 Å². The zero-order chi connectivity index (χ0) is 16.3. The maximum atomic E-state index is 12.4. The first-order valence-corrected chi connectivity index (χ1v) is 7.44. The van der Waals surface area contributed by atoms with Crippen LogP contribution in [-0.2, 0) is 9.53 Å². The van der Waals surface area contributed by atoms with Gasteiger partial charge >= 0.3 is 6.09 Å². The van der Waals surface area contributed by atoms with Gasteiger partial charge in [-0.2, -0.15) is 0 Å². The van der Waals surface area contributed by atoms with Crippen LogP contribution < -0.4 is 5.32 Å². The number of carbonyl (C=O) groups is 2.